The van der Waals surface area contributed by atoms with Crippen LogP contribution in [0.15, 0.2) is 18.2 Å². The number of nitrogens with one attached hydrogen (secondary N) is 2. The highest BCUT2D eigenvalue weighted by atomic mass is 32.2. The molecule has 1 aromatic rings. The van der Waals surface area contributed by atoms with Crippen LogP contribution in [0, 0.1) is 10.1 Å². The minimum atomic E-state index is -0.967. The molecule has 2 N–H and O–H groups in total. The number of amides is 1. The van der Waals surface area contributed by atoms with Crippen LogP contribution in [-0.2, 0) is 10.8 Å². The van der Waals surface area contributed by atoms with E-state index in [9.17, 15) is 19.1 Å². The zero-order valence-corrected chi connectivity index (χ0v) is 12.2. The van der Waals surface area contributed by atoms with E-state index in [1.807, 2.05) is 0 Å². The predicted molar refractivity (Wildman–Crippen MR) is 78.5 cm³/mol. The highest BCUT2D eigenvalue weighted by molar-refractivity contribution is 7.84. The monoisotopic (exact) mass is 299 g/mol. The fraction of sp³-hybridized carbons (Fsp3) is 0.417. The minimum Gasteiger partial charge on any atom is -0.379 e. The number of nitrogens with zero attached hydrogens (tertiary/aromatic N) is 1. The standard InChI is InChI=1S/C12H17N3O4S/c1-3-13-12(16)9-4-5-10(11(8-9)15(17)18)14-6-7-20(2)19/h4-5,8,14H,3,6-7H2,1-2H3,(H,13,16). The summed E-state index contributed by atoms with van der Waals surface area (Å²) in [6, 6.07) is 4.24. The third-order valence-corrected chi connectivity index (χ3v) is 3.28. The van der Waals surface area contributed by atoms with Gasteiger partial charge in [-0.05, 0) is 19.1 Å². The van der Waals surface area contributed by atoms with Crippen molar-refractivity contribution in [3.8, 4) is 0 Å². The molecule has 8 heteroatoms. The predicted octanol–water partition coefficient (Wildman–Crippen LogP) is 1.13. The maximum atomic E-state index is 11.6. The summed E-state index contributed by atoms with van der Waals surface area (Å²) in [7, 11) is -0.967. The Balaban J connectivity index is 2.93. The maximum absolute atomic E-state index is 11.6. The molecule has 0 aliphatic rings. The van der Waals surface area contributed by atoms with Gasteiger partial charge in [0, 0.05) is 47.5 Å². The summed E-state index contributed by atoms with van der Waals surface area (Å²) in [6.07, 6.45) is 1.56. The lowest BCUT2D eigenvalue weighted by Gasteiger charge is -2.08. The van der Waals surface area contributed by atoms with Crippen LogP contribution >= 0.6 is 0 Å². The molecule has 1 rings (SSSR count). The van der Waals surface area contributed by atoms with Crippen LogP contribution in [0.1, 0.15) is 17.3 Å². The van der Waals surface area contributed by atoms with E-state index in [4.69, 9.17) is 0 Å². The zero-order chi connectivity index (χ0) is 15.1. The molecule has 1 atom stereocenters. The molecule has 0 bridgehead atoms. The van der Waals surface area contributed by atoms with Gasteiger partial charge in [-0.2, -0.15) is 0 Å². The molecule has 0 saturated carbocycles. The van der Waals surface area contributed by atoms with Crippen molar-refractivity contribution in [2.75, 3.05) is 30.4 Å². The normalized spacial score (nSPS) is 11.7. The first-order valence-corrected chi connectivity index (χ1v) is 7.79. The number of nitro benzene ring substituents is 1. The summed E-state index contributed by atoms with van der Waals surface area (Å²) >= 11 is 0. The first kappa shape index (κ1) is 16.1. The minimum absolute atomic E-state index is 0.171. The van der Waals surface area contributed by atoms with Crippen LogP contribution < -0.4 is 10.6 Å². The van der Waals surface area contributed by atoms with Crippen LogP contribution in [-0.4, -0.2) is 40.1 Å². The van der Waals surface area contributed by atoms with Crippen molar-refractivity contribution in [2.24, 2.45) is 0 Å². The van der Waals surface area contributed by atoms with Crippen LogP contribution in [0.4, 0.5) is 11.4 Å². The molecule has 0 aromatic heterocycles. The fourth-order valence-electron chi connectivity index (χ4n) is 1.57. The van der Waals surface area contributed by atoms with Crippen molar-refractivity contribution < 1.29 is 13.9 Å². The SMILES string of the molecule is CCNC(=O)c1ccc(NCCS(C)=O)c([N+](=O)[O-])c1. The molecule has 0 aliphatic heterocycles. The van der Waals surface area contributed by atoms with E-state index in [2.05, 4.69) is 10.6 Å². The molecule has 1 amide bonds. The summed E-state index contributed by atoms with van der Waals surface area (Å²) in [4.78, 5) is 22.1. The van der Waals surface area contributed by atoms with Crippen molar-refractivity contribution >= 4 is 28.1 Å². The number of carbonyl (C=O) groups is 1. The Morgan fingerprint density at radius 3 is 2.70 bits per heavy atom. The molecule has 0 saturated heterocycles. The second kappa shape index (κ2) is 7.59. The van der Waals surface area contributed by atoms with Crippen LogP contribution in [0.3, 0.4) is 0 Å². The second-order valence-corrected chi connectivity index (χ2v) is 5.61. The average Bonchev–Trinajstić information content (AvgIpc) is 2.38. The Labute approximate surface area is 119 Å². The fourth-order valence-corrected chi connectivity index (χ4v) is 1.95. The van der Waals surface area contributed by atoms with Crippen LogP contribution in [0.2, 0.25) is 0 Å². The molecule has 1 unspecified atom stereocenters. The van der Waals surface area contributed by atoms with E-state index in [-0.39, 0.29) is 17.2 Å². The molecule has 0 radical (unpaired) electrons. The molecular weight excluding hydrogens is 282 g/mol. The van der Waals surface area contributed by atoms with E-state index in [1.165, 1.54) is 18.2 Å². The van der Waals surface area contributed by atoms with Gasteiger partial charge in [0.2, 0.25) is 0 Å². The molecule has 20 heavy (non-hydrogen) atoms. The van der Waals surface area contributed by atoms with Gasteiger partial charge in [0.05, 0.1) is 4.92 Å². The molecule has 110 valence electrons. The molecule has 0 spiro atoms. The van der Waals surface area contributed by atoms with Crippen LogP contribution in [0.25, 0.3) is 0 Å². The summed E-state index contributed by atoms with van der Waals surface area (Å²) < 4.78 is 11.0. The van der Waals surface area contributed by atoms with Crippen molar-refractivity contribution in [3.63, 3.8) is 0 Å². The van der Waals surface area contributed by atoms with Crippen molar-refractivity contribution in [3.05, 3.63) is 33.9 Å². The second-order valence-electron chi connectivity index (χ2n) is 4.05. The van der Waals surface area contributed by atoms with Gasteiger partial charge in [-0.1, -0.05) is 0 Å². The molecule has 7 nitrogen and oxygen atoms in total. The summed E-state index contributed by atoms with van der Waals surface area (Å²) in [5, 5.41) is 16.5. The topological polar surface area (TPSA) is 101 Å². The molecule has 0 heterocycles. The van der Waals surface area contributed by atoms with Gasteiger partial charge in [0.25, 0.3) is 11.6 Å². The highest BCUT2D eigenvalue weighted by Crippen LogP contribution is 2.25. The third-order valence-electron chi connectivity index (χ3n) is 2.50. The number of nitro groups is 1. The van der Waals surface area contributed by atoms with E-state index in [0.29, 0.717) is 24.5 Å². The Kier molecular flexibility index (Phi) is 6.10. The van der Waals surface area contributed by atoms with E-state index in [1.54, 1.807) is 13.2 Å². The molecule has 1 aromatic carbocycles. The number of rotatable bonds is 7. The van der Waals surface area contributed by atoms with Crippen molar-refractivity contribution in [1.29, 1.82) is 0 Å². The summed E-state index contributed by atoms with van der Waals surface area (Å²) in [5.41, 5.74) is 0.382. The largest absolute Gasteiger partial charge is 0.379 e. The van der Waals surface area contributed by atoms with Crippen molar-refractivity contribution in [2.45, 2.75) is 6.92 Å². The number of anilines is 1. The van der Waals surface area contributed by atoms with Crippen molar-refractivity contribution in [1.82, 2.24) is 5.32 Å². The Hall–Kier alpha value is -1.96. The quantitative estimate of drug-likeness (QED) is 0.580. The number of benzene rings is 1. The number of hydrogen-bond acceptors (Lipinski definition) is 5. The summed E-state index contributed by atoms with van der Waals surface area (Å²) in [5.74, 6) is 0.0479. The maximum Gasteiger partial charge on any atom is 0.293 e. The lowest BCUT2D eigenvalue weighted by molar-refractivity contribution is -0.384. The molecular formula is C12H17N3O4S. The lowest BCUT2D eigenvalue weighted by atomic mass is 10.1. The first-order chi connectivity index (χ1) is 9.45. The van der Waals surface area contributed by atoms with Gasteiger partial charge in [0.1, 0.15) is 5.69 Å². The van der Waals surface area contributed by atoms with Gasteiger partial charge < -0.3 is 10.6 Å². The van der Waals surface area contributed by atoms with E-state index >= 15 is 0 Å². The number of carbonyl (C=O) groups excluding carboxylic acids is 1. The summed E-state index contributed by atoms with van der Waals surface area (Å²) in [6.45, 7) is 2.59. The molecule has 0 fully saturated rings. The van der Waals surface area contributed by atoms with Gasteiger partial charge in [-0.25, -0.2) is 0 Å². The number of hydrogen-bond donors (Lipinski definition) is 2. The van der Waals surface area contributed by atoms with Gasteiger partial charge >= 0.3 is 0 Å². The van der Waals surface area contributed by atoms with Gasteiger partial charge in [-0.15, -0.1) is 0 Å². The molecule has 0 aliphatic carbocycles. The van der Waals surface area contributed by atoms with Gasteiger partial charge in [0.15, 0.2) is 0 Å². The van der Waals surface area contributed by atoms with Crippen LogP contribution in [0.5, 0.6) is 0 Å². The third kappa shape index (κ3) is 4.61. The smallest absolute Gasteiger partial charge is 0.293 e. The van der Waals surface area contributed by atoms with Gasteiger partial charge in [-0.3, -0.25) is 19.1 Å². The Morgan fingerprint density at radius 2 is 2.15 bits per heavy atom. The Bertz CT molecular complexity index is 533. The average molecular weight is 299 g/mol. The zero-order valence-electron chi connectivity index (χ0n) is 11.3. The lowest BCUT2D eigenvalue weighted by Crippen LogP contribution is -2.22. The van der Waals surface area contributed by atoms with E-state index < -0.39 is 15.7 Å². The first-order valence-electron chi connectivity index (χ1n) is 6.06. The highest BCUT2D eigenvalue weighted by Gasteiger charge is 2.17. The Morgan fingerprint density at radius 1 is 1.45 bits per heavy atom. The van der Waals surface area contributed by atoms with E-state index in [0.717, 1.165) is 0 Å².